The van der Waals surface area contributed by atoms with E-state index in [9.17, 15) is 4.79 Å². The summed E-state index contributed by atoms with van der Waals surface area (Å²) in [4.78, 5) is 21.6. The summed E-state index contributed by atoms with van der Waals surface area (Å²) in [7, 11) is 3.97. The number of piperidine rings is 1. The zero-order valence-corrected chi connectivity index (χ0v) is 15.3. The summed E-state index contributed by atoms with van der Waals surface area (Å²) in [5.41, 5.74) is 2.95. The number of likely N-dealkylation sites (tertiary alicyclic amines) is 2. The number of hydrogen-bond donors (Lipinski definition) is 0. The summed E-state index contributed by atoms with van der Waals surface area (Å²) in [6.07, 6.45) is 3.37. The fourth-order valence-corrected chi connectivity index (χ4v) is 4.44. The number of amides is 1. The van der Waals surface area contributed by atoms with Crippen LogP contribution in [-0.4, -0.2) is 67.1 Å². The van der Waals surface area contributed by atoms with Gasteiger partial charge < -0.3 is 14.5 Å². The molecule has 1 aromatic heterocycles. The van der Waals surface area contributed by atoms with Crippen molar-refractivity contribution in [3.63, 3.8) is 0 Å². The SMILES string of the molecule is COCC1CC2(CCN(C(=O)c3cc(C)nc(C)c3)CC2)CN1C. The van der Waals surface area contributed by atoms with Crippen LogP contribution in [0.25, 0.3) is 0 Å². The van der Waals surface area contributed by atoms with Crippen molar-refractivity contribution < 1.29 is 9.53 Å². The average molecular weight is 331 g/mol. The van der Waals surface area contributed by atoms with Gasteiger partial charge in [-0.2, -0.15) is 0 Å². The minimum absolute atomic E-state index is 0.151. The fraction of sp³-hybridized carbons (Fsp3) is 0.684. The topological polar surface area (TPSA) is 45.7 Å². The standard InChI is InChI=1S/C19H29N3O2/c1-14-9-16(10-15(2)20-14)18(23)22-7-5-19(6-8-22)11-17(12-24-4)21(3)13-19/h9-10,17H,5-8,11-13H2,1-4H3. The average Bonchev–Trinajstić information content (AvgIpc) is 2.82. The molecule has 3 rings (SSSR count). The second-order valence-corrected chi connectivity index (χ2v) is 7.66. The number of aryl methyl sites for hydroxylation is 2. The molecule has 0 bridgehead atoms. The predicted octanol–water partition coefficient (Wildman–Crippen LogP) is 2.27. The van der Waals surface area contributed by atoms with E-state index in [0.29, 0.717) is 11.5 Å². The Morgan fingerprint density at radius 2 is 1.92 bits per heavy atom. The van der Waals surface area contributed by atoms with Crippen molar-refractivity contribution >= 4 is 5.91 Å². The molecule has 1 aromatic rings. The van der Waals surface area contributed by atoms with Crippen molar-refractivity contribution in [1.29, 1.82) is 0 Å². The molecule has 24 heavy (non-hydrogen) atoms. The molecule has 5 heteroatoms. The highest BCUT2D eigenvalue weighted by molar-refractivity contribution is 5.94. The van der Waals surface area contributed by atoms with Gasteiger partial charge in [-0.15, -0.1) is 0 Å². The molecule has 0 saturated carbocycles. The van der Waals surface area contributed by atoms with Gasteiger partial charge in [-0.25, -0.2) is 0 Å². The van der Waals surface area contributed by atoms with Crippen molar-refractivity contribution in [2.24, 2.45) is 5.41 Å². The van der Waals surface area contributed by atoms with Gasteiger partial charge in [0.2, 0.25) is 0 Å². The summed E-state index contributed by atoms with van der Waals surface area (Å²) in [5, 5.41) is 0. The Labute approximate surface area is 145 Å². The quantitative estimate of drug-likeness (QED) is 0.852. The van der Waals surface area contributed by atoms with Gasteiger partial charge in [-0.3, -0.25) is 9.78 Å². The van der Waals surface area contributed by atoms with Crippen molar-refractivity contribution in [3.05, 3.63) is 29.1 Å². The summed E-state index contributed by atoms with van der Waals surface area (Å²) in [6, 6.07) is 4.32. The van der Waals surface area contributed by atoms with Crippen LogP contribution in [0.4, 0.5) is 0 Å². The molecule has 0 aliphatic carbocycles. The molecule has 2 aliphatic heterocycles. The Kier molecular flexibility index (Phi) is 4.92. The van der Waals surface area contributed by atoms with E-state index in [1.807, 2.05) is 30.9 Å². The number of carbonyl (C=O) groups excluding carboxylic acids is 1. The number of carbonyl (C=O) groups is 1. The molecule has 1 atom stereocenters. The van der Waals surface area contributed by atoms with Crippen LogP contribution in [0.3, 0.4) is 0 Å². The lowest BCUT2D eigenvalue weighted by atomic mass is 9.76. The first-order valence-corrected chi connectivity index (χ1v) is 8.86. The smallest absolute Gasteiger partial charge is 0.253 e. The van der Waals surface area contributed by atoms with Gasteiger partial charge in [0.1, 0.15) is 0 Å². The third-order valence-electron chi connectivity index (χ3n) is 5.68. The van der Waals surface area contributed by atoms with Gasteiger partial charge in [-0.05, 0) is 57.7 Å². The molecule has 2 aliphatic rings. The molecule has 1 amide bonds. The Bertz CT molecular complexity index is 588. The van der Waals surface area contributed by atoms with E-state index in [4.69, 9.17) is 4.74 Å². The summed E-state index contributed by atoms with van der Waals surface area (Å²) in [5.74, 6) is 0.151. The molecule has 0 aromatic carbocycles. The van der Waals surface area contributed by atoms with Gasteiger partial charge in [0.25, 0.3) is 5.91 Å². The van der Waals surface area contributed by atoms with Crippen LogP contribution < -0.4 is 0 Å². The molecule has 2 saturated heterocycles. The lowest BCUT2D eigenvalue weighted by molar-refractivity contribution is 0.0591. The molecule has 0 N–H and O–H groups in total. The maximum atomic E-state index is 12.8. The van der Waals surface area contributed by atoms with Gasteiger partial charge in [0.15, 0.2) is 0 Å². The number of hydrogen-bond acceptors (Lipinski definition) is 4. The highest BCUT2D eigenvalue weighted by Crippen LogP contribution is 2.43. The minimum atomic E-state index is 0.151. The molecule has 1 spiro atoms. The number of methoxy groups -OCH3 is 1. The first-order valence-electron chi connectivity index (χ1n) is 8.86. The summed E-state index contributed by atoms with van der Waals surface area (Å²) < 4.78 is 5.36. The Morgan fingerprint density at radius 1 is 1.29 bits per heavy atom. The van der Waals surface area contributed by atoms with Crippen LogP contribution in [0.15, 0.2) is 12.1 Å². The molecule has 3 heterocycles. The van der Waals surface area contributed by atoms with E-state index >= 15 is 0 Å². The minimum Gasteiger partial charge on any atom is -0.383 e. The lowest BCUT2D eigenvalue weighted by Gasteiger charge is -2.39. The third kappa shape index (κ3) is 3.47. The van der Waals surface area contributed by atoms with Crippen LogP contribution in [0.5, 0.6) is 0 Å². The van der Waals surface area contributed by atoms with E-state index < -0.39 is 0 Å². The fourth-order valence-electron chi connectivity index (χ4n) is 4.44. The zero-order chi connectivity index (χ0) is 17.3. The van der Waals surface area contributed by atoms with E-state index in [1.165, 1.54) is 6.42 Å². The number of nitrogens with zero attached hydrogens (tertiary/aromatic N) is 3. The van der Waals surface area contributed by atoms with E-state index in [0.717, 1.165) is 56.0 Å². The zero-order valence-electron chi connectivity index (χ0n) is 15.3. The van der Waals surface area contributed by atoms with Crippen LogP contribution in [0.2, 0.25) is 0 Å². The first-order chi connectivity index (χ1) is 11.4. The van der Waals surface area contributed by atoms with Crippen LogP contribution in [0, 0.1) is 19.3 Å². The van der Waals surface area contributed by atoms with Crippen molar-refractivity contribution in [2.75, 3.05) is 40.4 Å². The number of rotatable bonds is 3. The number of likely N-dealkylation sites (N-methyl/N-ethyl adjacent to an activating group) is 1. The van der Waals surface area contributed by atoms with Gasteiger partial charge in [-0.1, -0.05) is 0 Å². The van der Waals surface area contributed by atoms with Crippen LogP contribution in [0.1, 0.15) is 41.0 Å². The molecule has 1 unspecified atom stereocenters. The van der Waals surface area contributed by atoms with Crippen molar-refractivity contribution in [1.82, 2.24) is 14.8 Å². The third-order valence-corrected chi connectivity index (χ3v) is 5.68. The van der Waals surface area contributed by atoms with E-state index in [1.54, 1.807) is 7.11 Å². The van der Waals surface area contributed by atoms with E-state index in [-0.39, 0.29) is 5.91 Å². The highest BCUT2D eigenvalue weighted by atomic mass is 16.5. The maximum Gasteiger partial charge on any atom is 0.253 e. The molecule has 132 valence electrons. The highest BCUT2D eigenvalue weighted by Gasteiger charge is 2.44. The predicted molar refractivity (Wildman–Crippen MR) is 94.2 cm³/mol. The normalized spacial score (nSPS) is 23.8. The Hall–Kier alpha value is -1.46. The largest absolute Gasteiger partial charge is 0.383 e. The van der Waals surface area contributed by atoms with Gasteiger partial charge in [0, 0.05) is 49.7 Å². The summed E-state index contributed by atoms with van der Waals surface area (Å²) >= 11 is 0. The molecule has 5 nitrogen and oxygen atoms in total. The van der Waals surface area contributed by atoms with Crippen LogP contribution >= 0.6 is 0 Å². The monoisotopic (exact) mass is 331 g/mol. The first kappa shape index (κ1) is 17.4. The maximum absolute atomic E-state index is 12.8. The molecule has 2 fully saturated rings. The second kappa shape index (κ2) is 6.81. The Balaban J connectivity index is 1.64. The van der Waals surface area contributed by atoms with E-state index in [2.05, 4.69) is 16.9 Å². The van der Waals surface area contributed by atoms with Gasteiger partial charge >= 0.3 is 0 Å². The molecule has 0 radical (unpaired) electrons. The molecular weight excluding hydrogens is 302 g/mol. The van der Waals surface area contributed by atoms with Gasteiger partial charge in [0.05, 0.1) is 6.61 Å². The second-order valence-electron chi connectivity index (χ2n) is 7.66. The number of pyridine rings is 1. The number of aromatic nitrogens is 1. The lowest BCUT2D eigenvalue weighted by Crippen LogP contribution is -2.44. The van der Waals surface area contributed by atoms with Crippen LogP contribution in [-0.2, 0) is 4.74 Å². The molecular formula is C19H29N3O2. The summed E-state index contributed by atoms with van der Waals surface area (Å²) in [6.45, 7) is 7.52. The van der Waals surface area contributed by atoms with Crippen molar-refractivity contribution in [3.8, 4) is 0 Å². The van der Waals surface area contributed by atoms with Crippen molar-refractivity contribution in [2.45, 2.75) is 39.2 Å². The number of ether oxygens (including phenoxy) is 1. The Morgan fingerprint density at radius 3 is 2.50 bits per heavy atom.